The lowest BCUT2D eigenvalue weighted by Crippen LogP contribution is -1.92. The van der Waals surface area contributed by atoms with Gasteiger partial charge in [0.2, 0.25) is 5.95 Å². The molecule has 0 spiro atoms. The van der Waals surface area contributed by atoms with Crippen LogP contribution in [0.3, 0.4) is 0 Å². The molecule has 1 aromatic heterocycles. The van der Waals surface area contributed by atoms with E-state index in [2.05, 4.69) is 15.3 Å². The first-order valence-corrected chi connectivity index (χ1v) is 5.99. The van der Waals surface area contributed by atoms with Gasteiger partial charge in [0.1, 0.15) is 11.5 Å². The van der Waals surface area contributed by atoms with E-state index in [1.807, 2.05) is 54.6 Å². The fourth-order valence-electron chi connectivity index (χ4n) is 1.73. The summed E-state index contributed by atoms with van der Waals surface area (Å²) in [6.45, 7) is 0. The van der Waals surface area contributed by atoms with Gasteiger partial charge in [0, 0.05) is 24.1 Å². The number of ether oxygens (including phenoxy) is 1. The highest BCUT2D eigenvalue weighted by Crippen LogP contribution is 2.24. The Hall–Kier alpha value is -2.75. The minimum Gasteiger partial charge on any atom is -0.457 e. The first kappa shape index (κ1) is 11.3. The molecule has 0 fully saturated rings. The number of benzene rings is 2. The molecule has 4 nitrogen and oxygen atoms in total. The zero-order chi connectivity index (χ0) is 12.9. The third kappa shape index (κ3) is 2.93. The summed E-state index contributed by atoms with van der Waals surface area (Å²) in [5.74, 6) is 2.30. The fourth-order valence-corrected chi connectivity index (χ4v) is 1.73. The van der Waals surface area contributed by atoms with Crippen molar-refractivity contribution >= 4 is 11.6 Å². The lowest BCUT2D eigenvalue weighted by atomic mass is 10.3. The van der Waals surface area contributed by atoms with E-state index in [1.165, 1.54) is 0 Å². The van der Waals surface area contributed by atoms with Gasteiger partial charge < -0.3 is 15.0 Å². The van der Waals surface area contributed by atoms with E-state index in [0.717, 1.165) is 17.2 Å². The molecule has 3 rings (SSSR count). The van der Waals surface area contributed by atoms with Crippen molar-refractivity contribution in [2.45, 2.75) is 0 Å². The minimum atomic E-state index is 0.705. The number of nitrogens with one attached hydrogen (secondary N) is 2. The summed E-state index contributed by atoms with van der Waals surface area (Å²) in [7, 11) is 0. The van der Waals surface area contributed by atoms with Gasteiger partial charge in [0.15, 0.2) is 0 Å². The number of aromatic nitrogens is 2. The number of para-hydroxylation sites is 1. The topological polar surface area (TPSA) is 49.9 Å². The van der Waals surface area contributed by atoms with Crippen LogP contribution in [0, 0.1) is 0 Å². The average Bonchev–Trinajstić information content (AvgIpc) is 2.93. The SMILES string of the molecule is c1ccc(Oc2cccc(Nc3ncc[nH]3)c2)cc1. The maximum absolute atomic E-state index is 5.77. The molecule has 0 aliphatic rings. The summed E-state index contributed by atoms with van der Waals surface area (Å²) in [4.78, 5) is 7.11. The molecular formula is C15H13N3O. The normalized spacial score (nSPS) is 10.1. The van der Waals surface area contributed by atoms with Crippen molar-refractivity contribution in [2.24, 2.45) is 0 Å². The molecule has 0 atom stereocenters. The lowest BCUT2D eigenvalue weighted by Gasteiger charge is -2.08. The second-order valence-electron chi connectivity index (χ2n) is 4.01. The standard InChI is InChI=1S/C15H13N3O/c1-2-6-13(7-3-1)19-14-8-4-5-12(11-14)18-15-16-9-10-17-15/h1-11H,(H2,16,17,18). The highest BCUT2D eigenvalue weighted by Gasteiger charge is 2.00. The summed E-state index contributed by atoms with van der Waals surface area (Å²) in [5.41, 5.74) is 0.920. The number of nitrogens with zero attached hydrogens (tertiary/aromatic N) is 1. The number of aromatic amines is 1. The van der Waals surface area contributed by atoms with Crippen molar-refractivity contribution in [1.82, 2.24) is 9.97 Å². The van der Waals surface area contributed by atoms with Crippen LogP contribution in [-0.2, 0) is 0 Å². The van der Waals surface area contributed by atoms with Crippen LogP contribution < -0.4 is 10.1 Å². The van der Waals surface area contributed by atoms with Gasteiger partial charge in [-0.15, -0.1) is 0 Å². The number of hydrogen-bond donors (Lipinski definition) is 2. The second-order valence-corrected chi connectivity index (χ2v) is 4.01. The van der Waals surface area contributed by atoms with Crippen LogP contribution in [0.5, 0.6) is 11.5 Å². The number of imidazole rings is 1. The van der Waals surface area contributed by atoms with E-state index < -0.39 is 0 Å². The molecule has 0 aliphatic heterocycles. The van der Waals surface area contributed by atoms with Crippen LogP contribution in [0.2, 0.25) is 0 Å². The minimum absolute atomic E-state index is 0.705. The van der Waals surface area contributed by atoms with Crippen molar-refractivity contribution in [1.29, 1.82) is 0 Å². The molecule has 0 radical (unpaired) electrons. The number of anilines is 2. The van der Waals surface area contributed by atoms with Crippen LogP contribution in [-0.4, -0.2) is 9.97 Å². The summed E-state index contributed by atoms with van der Waals surface area (Å²) in [6.07, 6.45) is 3.47. The van der Waals surface area contributed by atoms with Crippen molar-refractivity contribution in [3.05, 3.63) is 67.0 Å². The van der Waals surface area contributed by atoms with Gasteiger partial charge in [0.25, 0.3) is 0 Å². The molecule has 2 aromatic carbocycles. The lowest BCUT2D eigenvalue weighted by molar-refractivity contribution is 0.483. The first-order valence-electron chi connectivity index (χ1n) is 5.99. The molecule has 0 aliphatic carbocycles. The monoisotopic (exact) mass is 251 g/mol. The second kappa shape index (κ2) is 5.27. The van der Waals surface area contributed by atoms with E-state index in [9.17, 15) is 0 Å². The van der Waals surface area contributed by atoms with Gasteiger partial charge >= 0.3 is 0 Å². The first-order chi connectivity index (χ1) is 9.40. The molecule has 0 saturated carbocycles. The molecule has 0 unspecified atom stereocenters. The predicted octanol–water partition coefficient (Wildman–Crippen LogP) is 3.95. The van der Waals surface area contributed by atoms with Crippen LogP contribution in [0.1, 0.15) is 0 Å². The molecule has 3 aromatic rings. The Bertz CT molecular complexity index is 636. The van der Waals surface area contributed by atoms with Gasteiger partial charge in [0.05, 0.1) is 0 Å². The molecule has 2 N–H and O–H groups in total. The van der Waals surface area contributed by atoms with Crippen LogP contribution in [0.15, 0.2) is 67.0 Å². The smallest absolute Gasteiger partial charge is 0.204 e. The fraction of sp³-hybridized carbons (Fsp3) is 0. The zero-order valence-corrected chi connectivity index (χ0v) is 10.2. The van der Waals surface area contributed by atoms with Crippen LogP contribution >= 0.6 is 0 Å². The number of H-pyrrole nitrogens is 1. The summed E-state index contributed by atoms with van der Waals surface area (Å²) in [5, 5.41) is 3.16. The van der Waals surface area contributed by atoms with E-state index >= 15 is 0 Å². The quantitative estimate of drug-likeness (QED) is 0.738. The Balaban J connectivity index is 1.76. The Morgan fingerprint density at radius 1 is 0.947 bits per heavy atom. The molecular weight excluding hydrogens is 238 g/mol. The number of rotatable bonds is 4. The molecule has 0 amide bonds. The van der Waals surface area contributed by atoms with E-state index in [4.69, 9.17) is 4.74 Å². The Labute approximate surface area is 111 Å². The van der Waals surface area contributed by atoms with Crippen LogP contribution in [0.25, 0.3) is 0 Å². The Kier molecular flexibility index (Phi) is 3.14. The molecule has 19 heavy (non-hydrogen) atoms. The maximum Gasteiger partial charge on any atom is 0.204 e. The van der Waals surface area contributed by atoms with Gasteiger partial charge in [-0.1, -0.05) is 24.3 Å². The van der Waals surface area contributed by atoms with Gasteiger partial charge in [-0.3, -0.25) is 0 Å². The predicted molar refractivity (Wildman–Crippen MR) is 74.8 cm³/mol. The number of hydrogen-bond acceptors (Lipinski definition) is 3. The van der Waals surface area contributed by atoms with E-state index in [-0.39, 0.29) is 0 Å². The van der Waals surface area contributed by atoms with Crippen molar-refractivity contribution in [3.63, 3.8) is 0 Å². The average molecular weight is 251 g/mol. The van der Waals surface area contributed by atoms with E-state index in [0.29, 0.717) is 5.95 Å². The summed E-state index contributed by atoms with van der Waals surface area (Å²) in [6, 6.07) is 17.4. The Morgan fingerprint density at radius 2 is 1.79 bits per heavy atom. The van der Waals surface area contributed by atoms with Gasteiger partial charge in [-0.05, 0) is 24.3 Å². The third-order valence-electron chi connectivity index (χ3n) is 2.57. The van der Waals surface area contributed by atoms with Crippen molar-refractivity contribution < 1.29 is 4.74 Å². The van der Waals surface area contributed by atoms with Gasteiger partial charge in [-0.25, -0.2) is 4.98 Å². The molecule has 0 bridgehead atoms. The zero-order valence-electron chi connectivity index (χ0n) is 10.2. The van der Waals surface area contributed by atoms with Crippen molar-refractivity contribution in [3.8, 4) is 11.5 Å². The highest BCUT2D eigenvalue weighted by atomic mass is 16.5. The summed E-state index contributed by atoms with van der Waals surface area (Å²) < 4.78 is 5.77. The molecule has 94 valence electrons. The molecule has 0 saturated heterocycles. The molecule has 4 heteroatoms. The third-order valence-corrected chi connectivity index (χ3v) is 2.57. The van der Waals surface area contributed by atoms with Crippen LogP contribution in [0.4, 0.5) is 11.6 Å². The van der Waals surface area contributed by atoms with Crippen molar-refractivity contribution in [2.75, 3.05) is 5.32 Å². The Morgan fingerprint density at radius 3 is 2.58 bits per heavy atom. The van der Waals surface area contributed by atoms with E-state index in [1.54, 1.807) is 12.4 Å². The van der Waals surface area contributed by atoms with Gasteiger partial charge in [-0.2, -0.15) is 0 Å². The molecule has 1 heterocycles. The summed E-state index contributed by atoms with van der Waals surface area (Å²) >= 11 is 0. The largest absolute Gasteiger partial charge is 0.457 e. The maximum atomic E-state index is 5.77. The highest BCUT2D eigenvalue weighted by molar-refractivity contribution is 5.56.